The first kappa shape index (κ1) is 17.8. The van der Waals surface area contributed by atoms with Gasteiger partial charge in [0.05, 0.1) is 13.2 Å². The van der Waals surface area contributed by atoms with Crippen LogP contribution >= 0.6 is 0 Å². The van der Waals surface area contributed by atoms with Gasteiger partial charge in [-0.1, -0.05) is 0 Å². The Morgan fingerprint density at radius 3 is 1.47 bits per heavy atom. The number of rotatable bonds is 8. The van der Waals surface area contributed by atoms with Crippen LogP contribution < -0.4 is 10.6 Å². The Hall–Kier alpha value is -1.18. The minimum Gasteiger partial charge on any atom is -0.381 e. The van der Waals surface area contributed by atoms with E-state index in [1.165, 1.54) is 27.7 Å². The molecule has 0 radical (unpaired) electrons. The normalized spacial score (nSPS) is 12.1. The van der Waals surface area contributed by atoms with E-state index in [0.717, 1.165) is 0 Å². The molecule has 0 aliphatic carbocycles. The van der Waals surface area contributed by atoms with Crippen LogP contribution in [0.3, 0.4) is 0 Å². The molecule has 0 unspecified atom stereocenters. The summed E-state index contributed by atoms with van der Waals surface area (Å²) in [5.74, 6) is -0.933. The number of hydrogen-bond acceptors (Lipinski definition) is 5. The fraction of sp³-hybridized carbons (Fsp3) is 0.833. The van der Waals surface area contributed by atoms with Gasteiger partial charge in [0.15, 0.2) is 0 Å². The average Bonchev–Trinajstić information content (AvgIpc) is 2.24. The maximum atomic E-state index is 11.3. The van der Waals surface area contributed by atoms with E-state index in [9.17, 15) is 19.8 Å². The van der Waals surface area contributed by atoms with Crippen LogP contribution in [0.5, 0.6) is 0 Å². The molecule has 0 fully saturated rings. The van der Waals surface area contributed by atoms with Crippen LogP contribution in [0.1, 0.15) is 27.7 Å². The molecule has 7 nitrogen and oxygen atoms in total. The average molecular weight is 276 g/mol. The zero-order valence-corrected chi connectivity index (χ0v) is 11.9. The van der Waals surface area contributed by atoms with E-state index in [0.29, 0.717) is 0 Å². The predicted molar refractivity (Wildman–Crippen MR) is 69.4 cm³/mol. The number of aliphatic hydroxyl groups is 2. The highest BCUT2D eigenvalue weighted by Crippen LogP contribution is 1.99. The van der Waals surface area contributed by atoms with Crippen molar-refractivity contribution in [2.75, 3.05) is 26.3 Å². The molecule has 0 heterocycles. The number of ether oxygens (including phenoxy) is 1. The lowest BCUT2D eigenvalue weighted by atomic mass is 10.1. The highest BCUT2D eigenvalue weighted by atomic mass is 16.5. The first-order valence-corrected chi connectivity index (χ1v) is 6.14. The Labute approximate surface area is 113 Å². The smallest absolute Gasteiger partial charge is 0.251 e. The number of nitrogens with one attached hydrogen (secondary N) is 2. The van der Waals surface area contributed by atoms with Crippen molar-refractivity contribution in [3.05, 3.63) is 0 Å². The van der Waals surface area contributed by atoms with Crippen molar-refractivity contribution in [2.24, 2.45) is 0 Å². The lowest BCUT2D eigenvalue weighted by molar-refractivity contribution is -0.136. The van der Waals surface area contributed by atoms with Crippen LogP contribution in [0.2, 0.25) is 0 Å². The molecule has 0 rings (SSSR count). The van der Waals surface area contributed by atoms with Gasteiger partial charge in [0.1, 0.15) is 11.2 Å². The highest BCUT2D eigenvalue weighted by molar-refractivity contribution is 5.84. The zero-order valence-electron chi connectivity index (χ0n) is 11.9. The molecule has 0 aliphatic heterocycles. The highest BCUT2D eigenvalue weighted by Gasteiger charge is 2.23. The Bertz CT molecular complexity index is 274. The lowest BCUT2D eigenvalue weighted by Gasteiger charge is -2.17. The molecule has 0 aromatic rings. The van der Waals surface area contributed by atoms with E-state index < -0.39 is 23.0 Å². The fourth-order valence-corrected chi connectivity index (χ4v) is 1.01. The van der Waals surface area contributed by atoms with Gasteiger partial charge in [0.25, 0.3) is 11.8 Å². The standard InChI is InChI=1S/C12H24N2O5/c1-11(2,17)9(15)13-5-7-19-8-6-14-10(16)12(3,4)18/h17-18H,5-8H2,1-4H3,(H,13,15)(H,14,16). The summed E-state index contributed by atoms with van der Waals surface area (Å²) in [7, 11) is 0. The Balaban J connectivity index is 3.53. The van der Waals surface area contributed by atoms with Crippen LogP contribution in [0.15, 0.2) is 0 Å². The fourth-order valence-electron chi connectivity index (χ4n) is 1.01. The van der Waals surface area contributed by atoms with E-state index >= 15 is 0 Å². The molecule has 0 spiro atoms. The molecule has 0 aliphatic rings. The van der Waals surface area contributed by atoms with Gasteiger partial charge in [-0.2, -0.15) is 0 Å². The Morgan fingerprint density at radius 2 is 1.21 bits per heavy atom. The van der Waals surface area contributed by atoms with Gasteiger partial charge in [-0.25, -0.2) is 0 Å². The molecule has 4 N–H and O–H groups in total. The molecule has 0 saturated carbocycles. The summed E-state index contributed by atoms with van der Waals surface area (Å²) >= 11 is 0. The summed E-state index contributed by atoms with van der Waals surface area (Å²) in [5, 5.41) is 23.7. The molecule has 0 atom stereocenters. The Kier molecular flexibility index (Phi) is 6.96. The van der Waals surface area contributed by atoms with Crippen molar-refractivity contribution >= 4 is 11.8 Å². The van der Waals surface area contributed by atoms with E-state index in [1.54, 1.807) is 0 Å². The SMILES string of the molecule is CC(C)(O)C(=O)NCCOCCNC(=O)C(C)(C)O. The summed E-state index contributed by atoms with van der Waals surface area (Å²) in [6.45, 7) is 6.71. The van der Waals surface area contributed by atoms with Crippen LogP contribution in [0, 0.1) is 0 Å². The first-order valence-electron chi connectivity index (χ1n) is 6.14. The van der Waals surface area contributed by atoms with Crippen LogP contribution in [-0.4, -0.2) is 59.5 Å². The molecule has 0 saturated heterocycles. The van der Waals surface area contributed by atoms with Crippen LogP contribution in [-0.2, 0) is 14.3 Å². The summed E-state index contributed by atoms with van der Waals surface area (Å²) < 4.78 is 5.17. The number of hydrogen-bond donors (Lipinski definition) is 4. The molecule has 2 amide bonds. The summed E-state index contributed by atoms with van der Waals surface area (Å²) in [4.78, 5) is 22.5. The zero-order chi connectivity index (χ0) is 15.1. The van der Waals surface area contributed by atoms with Gasteiger partial charge in [-0.05, 0) is 27.7 Å². The molecular weight excluding hydrogens is 252 g/mol. The second-order valence-electron chi connectivity index (χ2n) is 5.24. The van der Waals surface area contributed by atoms with Gasteiger partial charge >= 0.3 is 0 Å². The summed E-state index contributed by atoms with van der Waals surface area (Å²) in [5.41, 5.74) is -2.80. The van der Waals surface area contributed by atoms with Gasteiger partial charge in [-0.3, -0.25) is 9.59 Å². The summed E-state index contributed by atoms with van der Waals surface area (Å²) in [6.07, 6.45) is 0. The molecule has 0 aromatic carbocycles. The third-order valence-electron chi connectivity index (χ3n) is 2.18. The quantitative estimate of drug-likeness (QED) is 0.416. The van der Waals surface area contributed by atoms with Crippen LogP contribution in [0.25, 0.3) is 0 Å². The maximum Gasteiger partial charge on any atom is 0.251 e. The number of amides is 2. The summed E-state index contributed by atoms with van der Waals surface area (Å²) in [6, 6.07) is 0. The molecule has 7 heteroatoms. The minimum absolute atomic E-state index is 0.278. The molecule has 0 aromatic heterocycles. The van der Waals surface area contributed by atoms with Crippen molar-refractivity contribution in [3.63, 3.8) is 0 Å². The first-order chi connectivity index (χ1) is 8.55. The van der Waals surface area contributed by atoms with Crippen LogP contribution in [0.4, 0.5) is 0 Å². The topological polar surface area (TPSA) is 108 Å². The second-order valence-corrected chi connectivity index (χ2v) is 5.24. The second kappa shape index (κ2) is 7.42. The van der Waals surface area contributed by atoms with Gasteiger partial charge < -0.3 is 25.6 Å². The van der Waals surface area contributed by atoms with E-state index in [1.807, 2.05) is 0 Å². The van der Waals surface area contributed by atoms with Crippen molar-refractivity contribution in [3.8, 4) is 0 Å². The van der Waals surface area contributed by atoms with Crippen molar-refractivity contribution in [2.45, 2.75) is 38.9 Å². The van der Waals surface area contributed by atoms with E-state index in [4.69, 9.17) is 4.74 Å². The van der Waals surface area contributed by atoms with Crippen molar-refractivity contribution in [1.29, 1.82) is 0 Å². The predicted octanol–water partition coefficient (Wildman–Crippen LogP) is -1.22. The van der Waals surface area contributed by atoms with Gasteiger partial charge in [-0.15, -0.1) is 0 Å². The molecular formula is C12H24N2O5. The third kappa shape index (κ3) is 8.52. The monoisotopic (exact) mass is 276 g/mol. The van der Waals surface area contributed by atoms with Crippen molar-refractivity contribution in [1.82, 2.24) is 10.6 Å². The largest absolute Gasteiger partial charge is 0.381 e. The lowest BCUT2D eigenvalue weighted by Crippen LogP contribution is -2.44. The molecule has 0 bridgehead atoms. The van der Waals surface area contributed by atoms with Crippen molar-refractivity contribution < 1.29 is 24.5 Å². The van der Waals surface area contributed by atoms with E-state index in [2.05, 4.69) is 10.6 Å². The number of carbonyl (C=O) groups excluding carboxylic acids is 2. The minimum atomic E-state index is -1.40. The van der Waals surface area contributed by atoms with E-state index in [-0.39, 0.29) is 26.3 Å². The molecule has 112 valence electrons. The van der Waals surface area contributed by atoms with Gasteiger partial charge in [0.2, 0.25) is 0 Å². The number of carbonyl (C=O) groups is 2. The van der Waals surface area contributed by atoms with Gasteiger partial charge in [0, 0.05) is 13.1 Å². The Morgan fingerprint density at radius 1 is 0.895 bits per heavy atom. The third-order valence-corrected chi connectivity index (χ3v) is 2.18. The maximum absolute atomic E-state index is 11.3. The molecule has 19 heavy (non-hydrogen) atoms.